The van der Waals surface area contributed by atoms with Gasteiger partial charge in [0.2, 0.25) is 0 Å². The second-order valence-electron chi connectivity index (χ2n) is 8.94. The number of nitrogens with zero attached hydrogens (tertiary/aromatic N) is 2. The molecule has 0 radical (unpaired) electrons. The molecular formula is C28H25F3N4O. The Hall–Kier alpha value is -4.07. The van der Waals surface area contributed by atoms with Crippen LogP contribution in [-0.4, -0.2) is 23.4 Å². The van der Waals surface area contributed by atoms with Gasteiger partial charge in [0.25, 0.3) is 0 Å². The molecule has 1 aliphatic rings. The topological polar surface area (TPSA) is 58.5 Å². The first kappa shape index (κ1) is 23.7. The van der Waals surface area contributed by atoms with Gasteiger partial charge in [0.1, 0.15) is 5.75 Å². The smallest absolute Gasteiger partial charge is 0.416 e. The van der Waals surface area contributed by atoms with Gasteiger partial charge in [-0.05, 0) is 55.7 Å². The lowest BCUT2D eigenvalue weighted by Gasteiger charge is -2.27. The van der Waals surface area contributed by atoms with E-state index in [1.807, 2.05) is 24.3 Å². The Kier molecular flexibility index (Phi) is 6.26. The third-order valence-electron chi connectivity index (χ3n) is 6.20. The summed E-state index contributed by atoms with van der Waals surface area (Å²) in [6.07, 6.45) is -2.16. The fourth-order valence-electron chi connectivity index (χ4n) is 4.41. The average molecular weight is 491 g/mol. The van der Waals surface area contributed by atoms with E-state index in [0.29, 0.717) is 23.7 Å². The lowest BCUT2D eigenvalue weighted by Crippen LogP contribution is -2.48. The largest absolute Gasteiger partial charge is 0.455 e. The van der Waals surface area contributed by atoms with E-state index in [9.17, 15) is 13.2 Å². The number of halogens is 3. The summed E-state index contributed by atoms with van der Waals surface area (Å²) >= 11 is 0. The highest BCUT2D eigenvalue weighted by atomic mass is 19.4. The Morgan fingerprint density at radius 1 is 1.00 bits per heavy atom. The summed E-state index contributed by atoms with van der Waals surface area (Å²) in [4.78, 5) is 4.46. The van der Waals surface area contributed by atoms with Crippen molar-refractivity contribution in [1.29, 1.82) is 0 Å². The molecule has 4 aromatic rings. The maximum atomic E-state index is 13.3. The molecule has 0 amide bonds. The van der Waals surface area contributed by atoms with Gasteiger partial charge < -0.3 is 15.5 Å². The number of hydrogen-bond donors (Lipinski definition) is 2. The number of fused-ring (bicyclic) bond motifs is 1. The molecule has 8 heteroatoms. The van der Waals surface area contributed by atoms with Gasteiger partial charge in [-0.15, -0.1) is 0 Å². The molecule has 5 nitrogen and oxygen atoms in total. The normalized spacial score (nSPS) is 15.7. The summed E-state index contributed by atoms with van der Waals surface area (Å²) in [7, 11) is 0. The predicted octanol–water partition coefficient (Wildman–Crippen LogP) is 6.13. The molecule has 1 atom stereocenters. The number of ether oxygens (including phenoxy) is 1. The molecule has 1 aromatic heterocycles. The van der Waals surface area contributed by atoms with Crippen molar-refractivity contribution < 1.29 is 17.9 Å². The van der Waals surface area contributed by atoms with Crippen LogP contribution in [0.3, 0.4) is 0 Å². The Bertz CT molecular complexity index is 1450. The zero-order chi connectivity index (χ0) is 25.3. The van der Waals surface area contributed by atoms with Gasteiger partial charge in [-0.1, -0.05) is 48.0 Å². The number of hydrogen-bond acceptors (Lipinski definition) is 5. The van der Waals surface area contributed by atoms with E-state index < -0.39 is 11.7 Å². The van der Waals surface area contributed by atoms with Gasteiger partial charge in [-0.3, -0.25) is 4.98 Å². The van der Waals surface area contributed by atoms with E-state index in [4.69, 9.17) is 4.74 Å². The Morgan fingerprint density at radius 3 is 2.64 bits per heavy atom. The molecule has 3 aromatic carbocycles. The third kappa shape index (κ3) is 4.98. The van der Waals surface area contributed by atoms with Crippen LogP contribution in [0.1, 0.15) is 27.8 Å². The number of aryl methyl sites for hydroxylation is 2. The SMILES string of the molecule is Cc1ccc(CC2CNN=C(c3c(Oc4cccc(C(F)(F)F)c4)cnc4ccccc34)N2)c(C)c1. The quantitative estimate of drug-likeness (QED) is 0.354. The zero-order valence-corrected chi connectivity index (χ0v) is 19.9. The summed E-state index contributed by atoms with van der Waals surface area (Å²) in [5.74, 6) is 0.934. The van der Waals surface area contributed by atoms with Crippen molar-refractivity contribution in [2.24, 2.45) is 5.10 Å². The predicted molar refractivity (Wildman–Crippen MR) is 134 cm³/mol. The third-order valence-corrected chi connectivity index (χ3v) is 6.20. The fourth-order valence-corrected chi connectivity index (χ4v) is 4.41. The maximum Gasteiger partial charge on any atom is 0.416 e. The number of para-hydroxylation sites is 1. The summed E-state index contributed by atoms with van der Waals surface area (Å²) in [5, 5.41) is 8.80. The minimum Gasteiger partial charge on any atom is -0.455 e. The van der Waals surface area contributed by atoms with Crippen molar-refractivity contribution in [2.45, 2.75) is 32.5 Å². The number of benzene rings is 3. The lowest BCUT2D eigenvalue weighted by molar-refractivity contribution is -0.137. The highest BCUT2D eigenvalue weighted by molar-refractivity contribution is 6.11. The van der Waals surface area contributed by atoms with E-state index in [1.54, 1.807) is 0 Å². The van der Waals surface area contributed by atoms with Crippen molar-refractivity contribution in [3.63, 3.8) is 0 Å². The second kappa shape index (κ2) is 9.53. The molecule has 1 unspecified atom stereocenters. The molecule has 2 heterocycles. The van der Waals surface area contributed by atoms with E-state index in [2.05, 4.69) is 52.9 Å². The van der Waals surface area contributed by atoms with E-state index in [1.165, 1.54) is 35.0 Å². The highest BCUT2D eigenvalue weighted by Crippen LogP contribution is 2.35. The molecule has 5 rings (SSSR count). The monoisotopic (exact) mass is 490 g/mol. The van der Waals surface area contributed by atoms with Crippen molar-refractivity contribution >= 4 is 16.7 Å². The molecule has 0 bridgehead atoms. The molecular weight excluding hydrogens is 465 g/mol. The molecule has 0 spiro atoms. The van der Waals surface area contributed by atoms with Crippen LogP contribution in [-0.2, 0) is 12.6 Å². The summed E-state index contributed by atoms with van der Waals surface area (Å²) in [6, 6.07) is 18.8. The summed E-state index contributed by atoms with van der Waals surface area (Å²) in [6.45, 7) is 4.80. The van der Waals surface area contributed by atoms with Gasteiger partial charge in [0, 0.05) is 5.39 Å². The van der Waals surface area contributed by atoms with Crippen LogP contribution in [0, 0.1) is 13.8 Å². The zero-order valence-electron chi connectivity index (χ0n) is 19.9. The minimum absolute atomic E-state index is 0.0484. The molecule has 2 N–H and O–H groups in total. The first-order chi connectivity index (χ1) is 17.3. The molecule has 0 saturated carbocycles. The van der Waals surface area contributed by atoms with E-state index in [0.717, 1.165) is 29.5 Å². The van der Waals surface area contributed by atoms with Gasteiger partial charge in [-0.25, -0.2) is 0 Å². The molecule has 184 valence electrons. The maximum absolute atomic E-state index is 13.3. The standard InChI is InChI=1S/C28H25F3N4O/c1-17-10-11-19(18(2)12-17)13-21-15-33-35-27(34-21)26-23-8-3-4-9-24(23)32-16-25(26)36-22-7-5-6-20(14-22)28(29,30)31/h3-12,14,16,21,33H,13,15H2,1-2H3,(H,34,35). The number of aromatic nitrogens is 1. The number of nitrogens with one attached hydrogen (secondary N) is 2. The van der Waals surface area contributed by atoms with Crippen LogP contribution in [0.5, 0.6) is 11.5 Å². The van der Waals surface area contributed by atoms with Crippen LogP contribution in [0.25, 0.3) is 10.9 Å². The van der Waals surface area contributed by atoms with Crippen LogP contribution in [0.4, 0.5) is 13.2 Å². The second-order valence-corrected chi connectivity index (χ2v) is 8.94. The molecule has 1 aliphatic heterocycles. The Balaban J connectivity index is 1.50. The van der Waals surface area contributed by atoms with Crippen molar-refractivity contribution in [2.75, 3.05) is 6.54 Å². The number of amidine groups is 1. The van der Waals surface area contributed by atoms with Gasteiger partial charge in [-0.2, -0.15) is 18.3 Å². The van der Waals surface area contributed by atoms with Crippen LogP contribution < -0.4 is 15.5 Å². The van der Waals surface area contributed by atoms with Crippen LogP contribution in [0.15, 0.2) is 78.0 Å². The summed E-state index contributed by atoms with van der Waals surface area (Å²) < 4.78 is 45.7. The van der Waals surface area contributed by atoms with Crippen LogP contribution in [0.2, 0.25) is 0 Å². The number of hydrazone groups is 1. The first-order valence-corrected chi connectivity index (χ1v) is 11.6. The first-order valence-electron chi connectivity index (χ1n) is 11.6. The summed E-state index contributed by atoms with van der Waals surface area (Å²) in [5.41, 5.74) is 7.38. The minimum atomic E-state index is -4.47. The fraction of sp³-hybridized carbons (Fsp3) is 0.214. The number of alkyl halides is 3. The number of rotatable bonds is 5. The highest BCUT2D eigenvalue weighted by Gasteiger charge is 2.31. The van der Waals surface area contributed by atoms with Gasteiger partial charge >= 0.3 is 6.18 Å². The lowest BCUT2D eigenvalue weighted by atomic mass is 9.98. The van der Waals surface area contributed by atoms with Crippen LogP contribution >= 0.6 is 0 Å². The molecule has 0 aliphatic carbocycles. The Labute approximate surface area is 207 Å². The number of pyridine rings is 1. The molecule has 0 saturated heterocycles. The average Bonchev–Trinajstić information content (AvgIpc) is 2.85. The molecule has 0 fully saturated rings. The van der Waals surface area contributed by atoms with Gasteiger partial charge in [0.05, 0.1) is 35.4 Å². The molecule has 36 heavy (non-hydrogen) atoms. The Morgan fingerprint density at radius 2 is 1.83 bits per heavy atom. The van der Waals surface area contributed by atoms with E-state index in [-0.39, 0.29) is 11.8 Å². The van der Waals surface area contributed by atoms with Gasteiger partial charge in [0.15, 0.2) is 11.6 Å². The van der Waals surface area contributed by atoms with Crippen molar-refractivity contribution in [3.8, 4) is 11.5 Å². The van der Waals surface area contributed by atoms with Crippen molar-refractivity contribution in [3.05, 3.63) is 101 Å². The van der Waals surface area contributed by atoms with E-state index >= 15 is 0 Å². The van der Waals surface area contributed by atoms with Crippen molar-refractivity contribution in [1.82, 2.24) is 15.7 Å².